The molecular formula is C14H24O3. The van der Waals surface area contributed by atoms with Gasteiger partial charge in [0.1, 0.15) is 6.61 Å². The molecular weight excluding hydrogens is 216 g/mol. The largest absolute Gasteiger partial charge is 0.483 e. The molecule has 0 bridgehead atoms. The first-order valence-corrected chi connectivity index (χ1v) is 6.30. The van der Waals surface area contributed by atoms with E-state index in [-0.39, 0.29) is 12.1 Å². The van der Waals surface area contributed by atoms with Gasteiger partial charge in [-0.05, 0) is 32.8 Å². The highest BCUT2D eigenvalue weighted by molar-refractivity contribution is 5.86. The summed E-state index contributed by atoms with van der Waals surface area (Å²) in [6.45, 7) is 8.14. The zero-order valence-corrected chi connectivity index (χ0v) is 11.4. The molecule has 0 aromatic carbocycles. The highest BCUT2D eigenvalue weighted by Crippen LogP contribution is 2.05. The number of ether oxygens (including phenoxy) is 2. The van der Waals surface area contributed by atoms with E-state index in [0.717, 1.165) is 19.3 Å². The van der Waals surface area contributed by atoms with Crippen LogP contribution in [0.3, 0.4) is 0 Å². The molecule has 0 aliphatic heterocycles. The smallest absolute Gasteiger partial charge is 0.373 e. The van der Waals surface area contributed by atoms with Crippen LogP contribution in [0.5, 0.6) is 0 Å². The summed E-state index contributed by atoms with van der Waals surface area (Å²) in [6, 6.07) is 0. The van der Waals surface area contributed by atoms with Crippen molar-refractivity contribution in [3.8, 4) is 0 Å². The Hall–Kier alpha value is -1.25. The maximum absolute atomic E-state index is 11.6. The molecule has 0 spiro atoms. The van der Waals surface area contributed by atoms with E-state index in [1.165, 1.54) is 0 Å². The molecule has 0 rings (SSSR count). The molecule has 0 N–H and O–H groups in total. The van der Waals surface area contributed by atoms with Crippen LogP contribution in [0.1, 0.15) is 47.0 Å². The van der Waals surface area contributed by atoms with Crippen LogP contribution in [0, 0.1) is 0 Å². The third-order valence-electron chi connectivity index (χ3n) is 1.89. The van der Waals surface area contributed by atoms with Crippen LogP contribution in [0.15, 0.2) is 24.0 Å². The topological polar surface area (TPSA) is 35.5 Å². The number of rotatable bonds is 8. The Bertz CT molecular complexity index is 265. The fraction of sp³-hybridized carbons (Fsp3) is 0.643. The fourth-order valence-electron chi connectivity index (χ4n) is 1.15. The molecule has 0 amide bonds. The fourth-order valence-corrected chi connectivity index (χ4v) is 1.15. The van der Waals surface area contributed by atoms with Crippen LogP contribution >= 0.6 is 0 Å². The Morgan fingerprint density at radius 1 is 1.24 bits per heavy atom. The first kappa shape index (κ1) is 15.8. The van der Waals surface area contributed by atoms with Crippen molar-refractivity contribution in [2.75, 3.05) is 6.61 Å². The van der Waals surface area contributed by atoms with E-state index in [0.29, 0.717) is 12.4 Å². The Morgan fingerprint density at radius 3 is 2.47 bits per heavy atom. The molecule has 98 valence electrons. The number of hydrogen-bond acceptors (Lipinski definition) is 3. The molecule has 0 atom stereocenters. The van der Waals surface area contributed by atoms with Gasteiger partial charge in [-0.25, -0.2) is 4.79 Å². The molecule has 0 radical (unpaired) electrons. The lowest BCUT2D eigenvalue weighted by molar-refractivity contribution is -0.146. The quantitative estimate of drug-likeness (QED) is 0.281. The maximum atomic E-state index is 11.6. The molecule has 0 aromatic rings. The SMILES string of the molecule is CC/C=C(\OC/C=C\CCC)C(=O)OC(C)C. The molecule has 3 heteroatoms. The molecule has 0 saturated heterocycles. The van der Waals surface area contributed by atoms with Crippen LogP contribution in [0.2, 0.25) is 0 Å². The highest BCUT2D eigenvalue weighted by atomic mass is 16.6. The molecule has 0 saturated carbocycles. The summed E-state index contributed by atoms with van der Waals surface area (Å²) < 4.78 is 10.5. The second-order valence-electron chi connectivity index (χ2n) is 4.00. The van der Waals surface area contributed by atoms with Gasteiger partial charge in [0.2, 0.25) is 5.76 Å². The molecule has 17 heavy (non-hydrogen) atoms. The molecule has 0 heterocycles. The van der Waals surface area contributed by atoms with Crippen LogP contribution in [0.4, 0.5) is 0 Å². The van der Waals surface area contributed by atoms with Crippen LogP contribution in [-0.2, 0) is 14.3 Å². The second kappa shape index (κ2) is 9.94. The predicted molar refractivity (Wildman–Crippen MR) is 69.6 cm³/mol. The van der Waals surface area contributed by atoms with Gasteiger partial charge in [0, 0.05) is 0 Å². The van der Waals surface area contributed by atoms with Gasteiger partial charge in [-0.3, -0.25) is 0 Å². The third kappa shape index (κ3) is 8.55. The van der Waals surface area contributed by atoms with Crippen molar-refractivity contribution >= 4 is 5.97 Å². The minimum absolute atomic E-state index is 0.123. The molecule has 0 aliphatic carbocycles. The van der Waals surface area contributed by atoms with Crippen LogP contribution in [-0.4, -0.2) is 18.7 Å². The first-order chi connectivity index (χ1) is 8.11. The first-order valence-electron chi connectivity index (χ1n) is 6.30. The van der Waals surface area contributed by atoms with Crippen LogP contribution in [0.25, 0.3) is 0 Å². The predicted octanol–water partition coefficient (Wildman–Crippen LogP) is 3.60. The minimum atomic E-state index is -0.384. The molecule has 0 fully saturated rings. The summed E-state index contributed by atoms with van der Waals surface area (Å²) in [4.78, 5) is 11.6. The summed E-state index contributed by atoms with van der Waals surface area (Å²) in [5.74, 6) is -0.0758. The van der Waals surface area contributed by atoms with E-state index in [9.17, 15) is 4.79 Å². The van der Waals surface area contributed by atoms with Gasteiger partial charge >= 0.3 is 5.97 Å². The van der Waals surface area contributed by atoms with Crippen molar-refractivity contribution in [1.29, 1.82) is 0 Å². The van der Waals surface area contributed by atoms with Crippen LogP contribution < -0.4 is 0 Å². The average molecular weight is 240 g/mol. The number of carbonyl (C=O) groups is 1. The Balaban J connectivity index is 4.16. The number of unbranched alkanes of at least 4 members (excludes halogenated alkanes) is 1. The van der Waals surface area contributed by atoms with Crippen molar-refractivity contribution < 1.29 is 14.3 Å². The van der Waals surface area contributed by atoms with E-state index >= 15 is 0 Å². The van der Waals surface area contributed by atoms with Crippen molar-refractivity contribution in [3.63, 3.8) is 0 Å². The van der Waals surface area contributed by atoms with Gasteiger partial charge in [-0.1, -0.05) is 32.4 Å². The number of esters is 1. The number of allylic oxidation sites excluding steroid dienone is 2. The van der Waals surface area contributed by atoms with E-state index < -0.39 is 0 Å². The Kier molecular flexibility index (Phi) is 9.21. The van der Waals surface area contributed by atoms with Gasteiger partial charge in [-0.2, -0.15) is 0 Å². The summed E-state index contributed by atoms with van der Waals surface area (Å²) in [6.07, 6.45) is 8.50. The molecule has 0 unspecified atom stereocenters. The van der Waals surface area contributed by atoms with E-state index in [2.05, 4.69) is 13.0 Å². The van der Waals surface area contributed by atoms with E-state index in [1.54, 1.807) is 6.08 Å². The van der Waals surface area contributed by atoms with Gasteiger partial charge in [-0.15, -0.1) is 0 Å². The highest BCUT2D eigenvalue weighted by Gasteiger charge is 2.12. The van der Waals surface area contributed by atoms with E-state index in [4.69, 9.17) is 9.47 Å². The lowest BCUT2D eigenvalue weighted by Crippen LogP contribution is -2.15. The van der Waals surface area contributed by atoms with Gasteiger partial charge < -0.3 is 9.47 Å². The standard InChI is InChI=1S/C14H24O3/c1-5-7-8-9-11-16-13(10-6-2)14(15)17-12(3)4/h8-10,12H,5-7,11H2,1-4H3/b9-8-,13-10-. The lowest BCUT2D eigenvalue weighted by Gasteiger charge is -2.11. The monoisotopic (exact) mass is 240 g/mol. The maximum Gasteiger partial charge on any atom is 0.373 e. The lowest BCUT2D eigenvalue weighted by atomic mass is 10.3. The van der Waals surface area contributed by atoms with Crippen molar-refractivity contribution in [2.45, 2.75) is 53.1 Å². The van der Waals surface area contributed by atoms with Crippen molar-refractivity contribution in [1.82, 2.24) is 0 Å². The summed E-state index contributed by atoms with van der Waals surface area (Å²) in [5.41, 5.74) is 0. The normalized spacial score (nSPS) is 12.2. The molecule has 3 nitrogen and oxygen atoms in total. The van der Waals surface area contributed by atoms with E-state index in [1.807, 2.05) is 26.8 Å². The number of carbonyl (C=O) groups excluding carboxylic acids is 1. The Morgan fingerprint density at radius 2 is 1.94 bits per heavy atom. The average Bonchev–Trinajstić information content (AvgIpc) is 2.26. The number of hydrogen-bond donors (Lipinski definition) is 0. The van der Waals surface area contributed by atoms with Gasteiger partial charge in [0.15, 0.2) is 0 Å². The Labute approximate surface area is 104 Å². The zero-order valence-electron chi connectivity index (χ0n) is 11.4. The second-order valence-corrected chi connectivity index (χ2v) is 4.00. The van der Waals surface area contributed by atoms with Gasteiger partial charge in [0.05, 0.1) is 6.10 Å². The van der Waals surface area contributed by atoms with Crippen molar-refractivity contribution in [3.05, 3.63) is 24.0 Å². The summed E-state index contributed by atoms with van der Waals surface area (Å²) >= 11 is 0. The molecule has 0 aromatic heterocycles. The zero-order chi connectivity index (χ0) is 13.1. The third-order valence-corrected chi connectivity index (χ3v) is 1.89. The molecule has 0 aliphatic rings. The van der Waals surface area contributed by atoms with Gasteiger partial charge in [0.25, 0.3) is 0 Å². The summed E-state index contributed by atoms with van der Waals surface area (Å²) in [5, 5.41) is 0. The minimum Gasteiger partial charge on any atom is -0.483 e. The summed E-state index contributed by atoms with van der Waals surface area (Å²) in [7, 11) is 0. The van der Waals surface area contributed by atoms with Crippen molar-refractivity contribution in [2.24, 2.45) is 0 Å².